The lowest BCUT2D eigenvalue weighted by Gasteiger charge is -2.17. The molecule has 2 aromatic heterocycles. The fraction of sp³-hybridized carbons (Fsp3) is 0.176. The molecule has 124 valence electrons. The Kier molecular flexibility index (Phi) is 5.51. The molecule has 0 saturated carbocycles. The number of thiophene rings is 1. The summed E-state index contributed by atoms with van der Waals surface area (Å²) in [5, 5.41) is 14.8. The third-order valence-corrected chi connectivity index (χ3v) is 4.55. The fourth-order valence-electron chi connectivity index (χ4n) is 2.33. The molecule has 2 N–H and O–H groups in total. The van der Waals surface area contributed by atoms with Crippen LogP contribution in [0, 0.1) is 0 Å². The SMILES string of the molecule is O=C(NCc1ccc(Cl)cc1)NC[C@H](c1ccsc1)n1cccn1. The maximum Gasteiger partial charge on any atom is 0.315 e. The third-order valence-electron chi connectivity index (χ3n) is 3.59. The Morgan fingerprint density at radius 2 is 2.08 bits per heavy atom. The molecule has 0 unspecified atom stereocenters. The smallest absolute Gasteiger partial charge is 0.315 e. The van der Waals surface area contributed by atoms with Crippen molar-refractivity contribution in [3.63, 3.8) is 0 Å². The average molecular weight is 361 g/mol. The van der Waals surface area contributed by atoms with Gasteiger partial charge in [-0.05, 0) is 46.2 Å². The number of nitrogens with zero attached hydrogens (tertiary/aromatic N) is 2. The van der Waals surface area contributed by atoms with Crippen LogP contribution in [0.25, 0.3) is 0 Å². The molecule has 3 aromatic rings. The van der Waals surface area contributed by atoms with Crippen LogP contribution in [0.1, 0.15) is 17.2 Å². The minimum atomic E-state index is -0.211. The first-order valence-corrected chi connectivity index (χ1v) is 8.82. The van der Waals surface area contributed by atoms with Crippen LogP contribution in [-0.4, -0.2) is 22.4 Å². The third kappa shape index (κ3) is 4.37. The molecule has 24 heavy (non-hydrogen) atoms. The molecule has 2 heterocycles. The molecule has 0 fully saturated rings. The topological polar surface area (TPSA) is 59.0 Å². The number of hydrogen-bond donors (Lipinski definition) is 2. The van der Waals surface area contributed by atoms with Gasteiger partial charge >= 0.3 is 6.03 Å². The van der Waals surface area contributed by atoms with E-state index in [1.165, 1.54) is 0 Å². The Morgan fingerprint density at radius 1 is 1.25 bits per heavy atom. The van der Waals surface area contributed by atoms with E-state index in [1.54, 1.807) is 29.7 Å². The number of urea groups is 1. The van der Waals surface area contributed by atoms with E-state index < -0.39 is 0 Å². The summed E-state index contributed by atoms with van der Waals surface area (Å²) in [6.45, 7) is 0.915. The van der Waals surface area contributed by atoms with Crippen LogP contribution in [0.3, 0.4) is 0 Å². The Hall–Kier alpha value is -2.31. The van der Waals surface area contributed by atoms with Crippen molar-refractivity contribution < 1.29 is 4.79 Å². The van der Waals surface area contributed by atoms with Gasteiger partial charge in [0.1, 0.15) is 0 Å². The molecule has 7 heteroatoms. The van der Waals surface area contributed by atoms with E-state index in [4.69, 9.17) is 11.6 Å². The molecule has 0 aliphatic heterocycles. The molecule has 0 radical (unpaired) electrons. The second-order valence-electron chi connectivity index (χ2n) is 5.25. The first kappa shape index (κ1) is 16.5. The van der Waals surface area contributed by atoms with Crippen LogP contribution in [0.4, 0.5) is 4.79 Å². The first-order valence-electron chi connectivity index (χ1n) is 7.50. The zero-order valence-electron chi connectivity index (χ0n) is 12.9. The van der Waals surface area contributed by atoms with Crippen molar-refractivity contribution in [1.82, 2.24) is 20.4 Å². The van der Waals surface area contributed by atoms with E-state index >= 15 is 0 Å². The number of benzene rings is 1. The number of halogens is 1. The highest BCUT2D eigenvalue weighted by Crippen LogP contribution is 2.19. The maximum absolute atomic E-state index is 12.1. The lowest BCUT2D eigenvalue weighted by molar-refractivity contribution is 0.239. The molecule has 1 atom stereocenters. The van der Waals surface area contributed by atoms with Crippen molar-refractivity contribution >= 4 is 29.0 Å². The van der Waals surface area contributed by atoms with Gasteiger partial charge in [0.25, 0.3) is 0 Å². The molecular formula is C17H17ClN4OS. The first-order chi connectivity index (χ1) is 11.7. The molecule has 1 aromatic carbocycles. The second kappa shape index (κ2) is 7.99. The van der Waals surface area contributed by atoms with Gasteiger partial charge in [-0.2, -0.15) is 16.4 Å². The van der Waals surface area contributed by atoms with Gasteiger partial charge in [0.05, 0.1) is 6.04 Å². The summed E-state index contributed by atoms with van der Waals surface area (Å²) in [5.41, 5.74) is 2.12. The largest absolute Gasteiger partial charge is 0.336 e. The fourth-order valence-corrected chi connectivity index (χ4v) is 3.16. The van der Waals surface area contributed by atoms with Crippen molar-refractivity contribution in [1.29, 1.82) is 0 Å². The Bertz CT molecular complexity index is 722. The Balaban J connectivity index is 1.54. The molecular weight excluding hydrogens is 344 g/mol. The summed E-state index contributed by atoms with van der Waals surface area (Å²) < 4.78 is 1.85. The van der Waals surface area contributed by atoms with Crippen molar-refractivity contribution in [3.05, 3.63) is 75.7 Å². The number of carbonyl (C=O) groups is 1. The van der Waals surface area contributed by atoms with Crippen molar-refractivity contribution in [2.75, 3.05) is 6.54 Å². The highest BCUT2D eigenvalue weighted by Gasteiger charge is 2.15. The van der Waals surface area contributed by atoms with E-state index in [1.807, 2.05) is 40.5 Å². The second-order valence-corrected chi connectivity index (χ2v) is 6.47. The predicted octanol–water partition coefficient (Wildman–Crippen LogP) is 3.69. The van der Waals surface area contributed by atoms with E-state index in [9.17, 15) is 4.79 Å². The summed E-state index contributed by atoms with van der Waals surface area (Å²) >= 11 is 7.48. The number of hydrogen-bond acceptors (Lipinski definition) is 3. The summed E-state index contributed by atoms with van der Waals surface area (Å²) in [7, 11) is 0. The minimum Gasteiger partial charge on any atom is -0.336 e. The highest BCUT2D eigenvalue weighted by atomic mass is 35.5. The maximum atomic E-state index is 12.1. The lowest BCUT2D eigenvalue weighted by atomic mass is 10.1. The Morgan fingerprint density at radius 3 is 2.75 bits per heavy atom. The van der Waals surface area contributed by atoms with Gasteiger partial charge < -0.3 is 10.6 Å². The number of carbonyl (C=O) groups excluding carboxylic acids is 1. The number of nitrogens with one attached hydrogen (secondary N) is 2. The quantitative estimate of drug-likeness (QED) is 0.704. The monoisotopic (exact) mass is 360 g/mol. The average Bonchev–Trinajstić information content (AvgIpc) is 3.29. The van der Waals surface area contributed by atoms with Crippen molar-refractivity contribution in [2.45, 2.75) is 12.6 Å². The molecule has 2 amide bonds. The zero-order valence-corrected chi connectivity index (χ0v) is 14.4. The van der Waals surface area contributed by atoms with Gasteiger partial charge in [-0.25, -0.2) is 4.79 Å². The molecule has 3 rings (SSSR count). The predicted molar refractivity (Wildman–Crippen MR) is 96.4 cm³/mol. The number of rotatable bonds is 6. The molecule has 0 spiro atoms. The highest BCUT2D eigenvalue weighted by molar-refractivity contribution is 7.07. The zero-order chi connectivity index (χ0) is 16.8. The van der Waals surface area contributed by atoms with Crippen molar-refractivity contribution in [3.8, 4) is 0 Å². The molecule has 0 bridgehead atoms. The summed E-state index contributed by atoms with van der Waals surface area (Å²) in [5.74, 6) is 0. The minimum absolute atomic E-state index is 0.0208. The van der Waals surface area contributed by atoms with Crippen LogP contribution < -0.4 is 10.6 Å². The van der Waals surface area contributed by atoms with Gasteiger partial charge in [0, 0.05) is 30.5 Å². The van der Waals surface area contributed by atoms with Crippen LogP contribution in [0.5, 0.6) is 0 Å². The lowest BCUT2D eigenvalue weighted by Crippen LogP contribution is -2.38. The molecule has 0 aliphatic rings. The van der Waals surface area contributed by atoms with E-state index in [-0.39, 0.29) is 12.1 Å². The van der Waals surface area contributed by atoms with Gasteiger partial charge in [-0.1, -0.05) is 23.7 Å². The van der Waals surface area contributed by atoms with E-state index in [0.717, 1.165) is 11.1 Å². The molecule has 5 nitrogen and oxygen atoms in total. The number of amides is 2. The van der Waals surface area contributed by atoms with Crippen LogP contribution in [-0.2, 0) is 6.54 Å². The Labute approximate surface area is 149 Å². The van der Waals surface area contributed by atoms with Crippen LogP contribution >= 0.6 is 22.9 Å². The van der Waals surface area contributed by atoms with Gasteiger partial charge in [0.2, 0.25) is 0 Å². The summed E-state index contributed by atoms with van der Waals surface area (Å²) in [6, 6.07) is 11.1. The molecule has 0 saturated heterocycles. The van der Waals surface area contributed by atoms with Gasteiger partial charge in [-0.3, -0.25) is 4.68 Å². The van der Waals surface area contributed by atoms with Crippen LogP contribution in [0.2, 0.25) is 5.02 Å². The number of aromatic nitrogens is 2. The summed E-state index contributed by atoms with van der Waals surface area (Å²) in [6.07, 6.45) is 3.63. The normalized spacial score (nSPS) is 11.9. The summed E-state index contributed by atoms with van der Waals surface area (Å²) in [4.78, 5) is 12.1. The van der Waals surface area contributed by atoms with Gasteiger partial charge in [0.15, 0.2) is 0 Å². The van der Waals surface area contributed by atoms with E-state index in [2.05, 4.69) is 21.1 Å². The van der Waals surface area contributed by atoms with E-state index in [0.29, 0.717) is 18.1 Å². The molecule has 0 aliphatic carbocycles. The standard InChI is InChI=1S/C17H17ClN4OS/c18-15-4-2-13(3-5-15)10-19-17(23)20-11-16(14-6-9-24-12-14)22-8-1-7-21-22/h1-9,12,16H,10-11H2,(H2,19,20,23)/t16-/m1/s1. The van der Waals surface area contributed by atoms with Gasteiger partial charge in [-0.15, -0.1) is 0 Å². The van der Waals surface area contributed by atoms with Crippen molar-refractivity contribution in [2.24, 2.45) is 0 Å². The van der Waals surface area contributed by atoms with Crippen LogP contribution in [0.15, 0.2) is 59.6 Å².